The van der Waals surface area contributed by atoms with Gasteiger partial charge in [0, 0.05) is 0 Å². The van der Waals surface area contributed by atoms with Gasteiger partial charge in [0.05, 0.1) is 32.5 Å². The summed E-state index contributed by atoms with van der Waals surface area (Å²) in [5, 5.41) is 7.53. The molecule has 0 radical (unpaired) electrons. The molecule has 1 atom stereocenters. The number of aliphatic hydroxyl groups excluding tert-OH is 1. The molecule has 4 heteroatoms. The van der Waals surface area contributed by atoms with Crippen LogP contribution in [-0.4, -0.2) is 47.6 Å². The maximum Gasteiger partial charge on any atom is 0.0786 e. The zero-order valence-corrected chi connectivity index (χ0v) is 16.3. The van der Waals surface area contributed by atoms with Gasteiger partial charge >= 0.3 is 0 Å². The van der Waals surface area contributed by atoms with E-state index in [-0.39, 0.29) is 11.8 Å². The largest absolute Gasteiger partial charge is 0.870 e. The van der Waals surface area contributed by atoms with Crippen LogP contribution < -0.4 is 0 Å². The Morgan fingerprint density at radius 1 is 0.667 bits per heavy atom. The second-order valence-electron chi connectivity index (χ2n) is 5.83. The average molecular weight is 324 g/mol. The molecule has 0 saturated heterocycles. The Balaban J connectivity index is -0.000000740. The molecule has 0 heterocycles. The molecule has 0 spiro atoms. The summed E-state index contributed by atoms with van der Waals surface area (Å²) in [4.78, 5) is 0. The van der Waals surface area contributed by atoms with Gasteiger partial charge in [-0.25, -0.2) is 0 Å². The first-order valence-corrected chi connectivity index (χ1v) is 9.63. The lowest BCUT2D eigenvalue weighted by molar-refractivity contribution is -0.929. The summed E-state index contributed by atoms with van der Waals surface area (Å²) >= 11 is 0. The lowest BCUT2D eigenvalue weighted by Crippen LogP contribution is -2.50. The molecule has 1 unspecified atom stereocenters. The molecule has 0 aliphatic rings. The zero-order valence-electron chi connectivity index (χ0n) is 15.1. The first-order chi connectivity index (χ1) is 9.66. The minimum Gasteiger partial charge on any atom is -0.870 e. The molecule has 21 heavy (non-hydrogen) atoms. The van der Waals surface area contributed by atoms with Crippen molar-refractivity contribution in [1.82, 2.24) is 0 Å². The fraction of sp³-hybridized carbons (Fsp3) is 1.00. The van der Waals surface area contributed by atoms with Gasteiger partial charge in [-0.15, -0.1) is 9.24 Å². The van der Waals surface area contributed by atoms with Crippen LogP contribution in [0, 0.1) is 0 Å². The third-order valence-electron chi connectivity index (χ3n) is 3.94. The highest BCUT2D eigenvalue weighted by molar-refractivity contribution is 7.16. The zero-order chi connectivity index (χ0) is 15.7. The molecule has 132 valence electrons. The lowest BCUT2D eigenvalue weighted by Gasteiger charge is -2.39. The van der Waals surface area contributed by atoms with Gasteiger partial charge in [-0.3, -0.25) is 0 Å². The fourth-order valence-electron chi connectivity index (χ4n) is 2.64. The van der Waals surface area contributed by atoms with Crippen LogP contribution in [0.4, 0.5) is 0 Å². The Hall–Kier alpha value is 0.310. The molecular weight excluding hydrogens is 281 g/mol. The number of hydrogen-bond acceptors (Lipinski definition) is 2. The van der Waals surface area contributed by atoms with Crippen LogP contribution in [0.3, 0.4) is 0 Å². The summed E-state index contributed by atoms with van der Waals surface area (Å²) in [6.07, 6.45) is 11.2. The molecule has 0 aliphatic carbocycles. The van der Waals surface area contributed by atoms with Crippen LogP contribution in [0.5, 0.6) is 0 Å². The predicted octanol–water partition coefficient (Wildman–Crippen LogP) is 4.64. The van der Waals surface area contributed by atoms with Crippen molar-refractivity contribution in [1.29, 1.82) is 0 Å². The van der Waals surface area contributed by atoms with E-state index >= 15 is 0 Å². The molecule has 0 bridgehead atoms. The van der Waals surface area contributed by atoms with Gasteiger partial charge in [0.2, 0.25) is 0 Å². The van der Waals surface area contributed by atoms with Crippen molar-refractivity contribution in [3.05, 3.63) is 0 Å². The number of nitrogens with zero attached hydrogens (tertiary/aromatic N) is 1. The Bertz CT molecular complexity index is 143. The van der Waals surface area contributed by atoms with E-state index in [2.05, 4.69) is 36.9 Å². The van der Waals surface area contributed by atoms with Gasteiger partial charge in [-0.2, -0.15) is 0 Å². The first-order valence-electron chi connectivity index (χ1n) is 8.82. The van der Waals surface area contributed by atoms with Crippen molar-refractivity contribution in [3.8, 4) is 0 Å². The summed E-state index contributed by atoms with van der Waals surface area (Å²) < 4.78 is 1.42. The van der Waals surface area contributed by atoms with Crippen LogP contribution in [0.2, 0.25) is 0 Å². The van der Waals surface area contributed by atoms with E-state index in [1.165, 1.54) is 82.0 Å². The maximum absolute atomic E-state index is 7.53. The minimum atomic E-state index is 0. The van der Waals surface area contributed by atoms with Gasteiger partial charge in [-0.1, -0.05) is 53.4 Å². The standard InChI is InChI=1S/C16H36N.CH5OP.H2O/c1-5-9-13-17(14-10-6-2,15-11-7-3)16-12-8-4;2-1-3;/h5-16H2,1-4H3;2H,1,3H2;1H2/q+1;;/p-1. The van der Waals surface area contributed by atoms with Gasteiger partial charge in [-0.05, 0) is 25.7 Å². The molecule has 0 rings (SSSR count). The van der Waals surface area contributed by atoms with Crippen molar-refractivity contribution in [2.75, 3.05) is 32.5 Å². The van der Waals surface area contributed by atoms with E-state index in [0.29, 0.717) is 0 Å². The Morgan fingerprint density at radius 3 is 1.00 bits per heavy atom. The summed E-state index contributed by atoms with van der Waals surface area (Å²) in [5.74, 6) is 0. The topological polar surface area (TPSA) is 50.2 Å². The molecule has 0 aromatic heterocycles. The van der Waals surface area contributed by atoms with Crippen LogP contribution in [-0.2, 0) is 0 Å². The van der Waals surface area contributed by atoms with E-state index in [4.69, 9.17) is 5.11 Å². The number of aliphatic hydroxyl groups is 1. The van der Waals surface area contributed by atoms with Crippen LogP contribution in [0.1, 0.15) is 79.1 Å². The second-order valence-corrected chi connectivity index (χ2v) is 6.20. The van der Waals surface area contributed by atoms with Gasteiger partial charge < -0.3 is 15.1 Å². The molecule has 2 N–H and O–H groups in total. The minimum absolute atomic E-state index is 0. The van der Waals surface area contributed by atoms with E-state index in [9.17, 15) is 0 Å². The molecule has 0 aliphatic heterocycles. The van der Waals surface area contributed by atoms with Crippen molar-refractivity contribution in [2.24, 2.45) is 0 Å². The highest BCUT2D eigenvalue weighted by Gasteiger charge is 2.24. The van der Waals surface area contributed by atoms with E-state index in [1.54, 1.807) is 0 Å². The summed E-state index contributed by atoms with van der Waals surface area (Å²) in [5.41, 5.74) is 0. The molecule has 0 aromatic rings. The van der Waals surface area contributed by atoms with Crippen LogP contribution >= 0.6 is 9.24 Å². The quantitative estimate of drug-likeness (QED) is 0.420. The predicted molar refractivity (Wildman–Crippen MR) is 98.1 cm³/mol. The number of hydrogen-bond donors (Lipinski definition) is 1. The molecule has 0 aromatic carbocycles. The number of unbranched alkanes of at least 4 members (excludes halogenated alkanes) is 4. The fourth-order valence-corrected chi connectivity index (χ4v) is 2.64. The average Bonchev–Trinajstić information content (AvgIpc) is 2.46. The van der Waals surface area contributed by atoms with Gasteiger partial charge in [0.15, 0.2) is 0 Å². The number of quaternary nitrogens is 1. The SMILES string of the molecule is CCCC[N+](CCCC)(CCCC)CCCC.OCP.[OH-]. The smallest absolute Gasteiger partial charge is 0.0786 e. The maximum atomic E-state index is 7.53. The third kappa shape index (κ3) is 16.5. The Labute approximate surface area is 136 Å². The second kappa shape index (κ2) is 20.3. The monoisotopic (exact) mass is 323 g/mol. The van der Waals surface area contributed by atoms with Crippen LogP contribution in [0.25, 0.3) is 0 Å². The van der Waals surface area contributed by atoms with E-state index < -0.39 is 0 Å². The third-order valence-corrected chi connectivity index (χ3v) is 3.94. The molecule has 0 fully saturated rings. The van der Waals surface area contributed by atoms with Gasteiger partial charge in [0.25, 0.3) is 0 Å². The highest BCUT2D eigenvalue weighted by atomic mass is 31.0. The Morgan fingerprint density at radius 2 is 0.857 bits per heavy atom. The summed E-state index contributed by atoms with van der Waals surface area (Å²) in [7, 11) is 2.13. The van der Waals surface area contributed by atoms with Crippen molar-refractivity contribution in [2.45, 2.75) is 79.1 Å². The first kappa shape index (κ1) is 26.2. The normalized spacial score (nSPS) is 10.6. The van der Waals surface area contributed by atoms with E-state index in [0.717, 1.165) is 0 Å². The summed E-state index contributed by atoms with van der Waals surface area (Å²) in [6, 6.07) is 0. The van der Waals surface area contributed by atoms with Crippen molar-refractivity contribution < 1.29 is 15.1 Å². The summed E-state index contributed by atoms with van der Waals surface area (Å²) in [6.45, 7) is 15.0. The molecule has 0 amide bonds. The molecule has 3 nitrogen and oxygen atoms in total. The lowest BCUT2D eigenvalue weighted by atomic mass is 10.1. The Kier molecular flexibility index (Phi) is 25.4. The highest BCUT2D eigenvalue weighted by Crippen LogP contribution is 2.16. The van der Waals surface area contributed by atoms with Crippen molar-refractivity contribution >= 4 is 9.24 Å². The molecule has 0 saturated carbocycles. The number of rotatable bonds is 12. The van der Waals surface area contributed by atoms with Crippen LogP contribution in [0.15, 0.2) is 0 Å². The van der Waals surface area contributed by atoms with Gasteiger partial charge in [0.1, 0.15) is 0 Å². The van der Waals surface area contributed by atoms with Crippen molar-refractivity contribution in [3.63, 3.8) is 0 Å². The molecular formula is C17H42NO2P. The van der Waals surface area contributed by atoms with E-state index in [1.807, 2.05) is 0 Å².